The summed E-state index contributed by atoms with van der Waals surface area (Å²) < 4.78 is 31.3. The molecule has 138 valence electrons. The Balaban J connectivity index is 2.07. The molecule has 0 aromatic heterocycles. The number of methoxy groups -OCH3 is 1. The number of aromatic hydroxyl groups is 1. The standard InChI is InChI=1S/C19H19F2NO4/c1-12(22-26-11-14-5-6-15(20)10-18(14)21)17(19(24)25-2)9-13-3-7-16(23)8-4-13/h3-8,10,17,23H,9,11H2,1-2H3. The number of phenolic OH excluding ortho intramolecular Hbond substituents is 1. The topological polar surface area (TPSA) is 68.1 Å². The molecular formula is C19H19F2NO4. The average Bonchev–Trinajstić information content (AvgIpc) is 2.62. The Hall–Kier alpha value is -2.96. The molecule has 2 aromatic carbocycles. The Kier molecular flexibility index (Phi) is 6.66. The van der Waals surface area contributed by atoms with Crippen molar-refractivity contribution in [3.63, 3.8) is 0 Å². The number of halogens is 2. The van der Waals surface area contributed by atoms with E-state index in [1.807, 2.05) is 0 Å². The van der Waals surface area contributed by atoms with Gasteiger partial charge in [-0.05, 0) is 43.2 Å². The van der Waals surface area contributed by atoms with E-state index in [9.17, 15) is 18.7 Å². The number of rotatable bonds is 7. The first kappa shape index (κ1) is 19.4. The highest BCUT2D eigenvalue weighted by Crippen LogP contribution is 2.17. The molecule has 26 heavy (non-hydrogen) atoms. The maximum Gasteiger partial charge on any atom is 0.314 e. The molecule has 0 amide bonds. The minimum Gasteiger partial charge on any atom is -0.508 e. The van der Waals surface area contributed by atoms with Gasteiger partial charge in [-0.25, -0.2) is 8.78 Å². The van der Waals surface area contributed by atoms with Crippen LogP contribution in [0, 0.1) is 17.6 Å². The molecule has 0 aliphatic heterocycles. The van der Waals surface area contributed by atoms with E-state index in [4.69, 9.17) is 9.57 Å². The van der Waals surface area contributed by atoms with E-state index in [-0.39, 0.29) is 17.9 Å². The predicted octanol–water partition coefficient (Wildman–Crippen LogP) is 3.59. The number of carbonyl (C=O) groups excluding carboxylic acids is 1. The second-order valence-electron chi connectivity index (χ2n) is 5.69. The normalized spacial score (nSPS) is 12.5. The smallest absolute Gasteiger partial charge is 0.314 e. The number of phenols is 1. The van der Waals surface area contributed by atoms with Crippen LogP contribution in [0.15, 0.2) is 47.6 Å². The Morgan fingerprint density at radius 1 is 1.19 bits per heavy atom. The fraction of sp³-hybridized carbons (Fsp3) is 0.263. The zero-order valence-corrected chi connectivity index (χ0v) is 14.4. The lowest BCUT2D eigenvalue weighted by Crippen LogP contribution is -2.26. The highest BCUT2D eigenvalue weighted by molar-refractivity contribution is 6.00. The second-order valence-corrected chi connectivity index (χ2v) is 5.69. The molecule has 7 heteroatoms. The summed E-state index contributed by atoms with van der Waals surface area (Å²) in [5.41, 5.74) is 1.31. The van der Waals surface area contributed by atoms with Crippen LogP contribution >= 0.6 is 0 Å². The highest BCUT2D eigenvalue weighted by atomic mass is 19.1. The minimum absolute atomic E-state index is 0.124. The van der Waals surface area contributed by atoms with Gasteiger partial charge in [-0.15, -0.1) is 0 Å². The number of ether oxygens (including phenoxy) is 1. The van der Waals surface area contributed by atoms with Gasteiger partial charge >= 0.3 is 5.97 Å². The lowest BCUT2D eigenvalue weighted by atomic mass is 9.95. The minimum atomic E-state index is -0.730. The van der Waals surface area contributed by atoms with Crippen molar-refractivity contribution in [1.82, 2.24) is 0 Å². The van der Waals surface area contributed by atoms with Crippen LogP contribution in [0.25, 0.3) is 0 Å². The van der Waals surface area contributed by atoms with Crippen LogP contribution in [-0.4, -0.2) is 23.9 Å². The molecule has 0 bridgehead atoms. The van der Waals surface area contributed by atoms with Gasteiger partial charge in [0.15, 0.2) is 0 Å². The first-order chi connectivity index (χ1) is 12.4. The van der Waals surface area contributed by atoms with Gasteiger partial charge in [0.05, 0.1) is 12.8 Å². The van der Waals surface area contributed by atoms with E-state index in [2.05, 4.69) is 5.16 Å². The van der Waals surface area contributed by atoms with Gasteiger partial charge in [0.1, 0.15) is 29.9 Å². The molecule has 0 radical (unpaired) electrons. The number of esters is 1. The van der Waals surface area contributed by atoms with Gasteiger partial charge in [0.2, 0.25) is 0 Å². The number of hydrogen-bond donors (Lipinski definition) is 1. The summed E-state index contributed by atoms with van der Waals surface area (Å²) >= 11 is 0. The Morgan fingerprint density at radius 2 is 1.88 bits per heavy atom. The largest absolute Gasteiger partial charge is 0.508 e. The Morgan fingerprint density at radius 3 is 2.50 bits per heavy atom. The second kappa shape index (κ2) is 8.94. The lowest BCUT2D eigenvalue weighted by molar-refractivity contribution is -0.143. The molecule has 0 aliphatic carbocycles. The van der Waals surface area contributed by atoms with Crippen LogP contribution < -0.4 is 0 Å². The van der Waals surface area contributed by atoms with Crippen molar-refractivity contribution in [3.05, 3.63) is 65.2 Å². The fourth-order valence-corrected chi connectivity index (χ4v) is 2.32. The van der Waals surface area contributed by atoms with Gasteiger partial charge in [0.25, 0.3) is 0 Å². The van der Waals surface area contributed by atoms with Crippen molar-refractivity contribution >= 4 is 11.7 Å². The third-order valence-electron chi connectivity index (χ3n) is 3.81. The number of nitrogens with zero attached hydrogens (tertiary/aromatic N) is 1. The molecule has 2 rings (SSSR count). The van der Waals surface area contributed by atoms with Crippen molar-refractivity contribution in [3.8, 4) is 5.75 Å². The molecule has 1 N–H and O–H groups in total. The van der Waals surface area contributed by atoms with Crippen LogP contribution in [0.5, 0.6) is 5.75 Å². The molecule has 0 saturated carbocycles. The SMILES string of the molecule is COC(=O)C(Cc1ccc(O)cc1)C(C)=NOCc1ccc(F)cc1F. The molecule has 0 heterocycles. The van der Waals surface area contributed by atoms with Crippen molar-refractivity contribution in [2.24, 2.45) is 11.1 Å². The quantitative estimate of drug-likeness (QED) is 0.464. The summed E-state index contributed by atoms with van der Waals surface area (Å²) in [6.07, 6.45) is 0.302. The maximum atomic E-state index is 13.6. The van der Waals surface area contributed by atoms with Crippen molar-refractivity contribution < 1.29 is 28.3 Å². The van der Waals surface area contributed by atoms with Gasteiger partial charge in [0, 0.05) is 11.6 Å². The Bertz CT molecular complexity index is 791. The van der Waals surface area contributed by atoms with Crippen molar-refractivity contribution in [2.75, 3.05) is 7.11 Å². The van der Waals surface area contributed by atoms with Crippen molar-refractivity contribution in [1.29, 1.82) is 0 Å². The number of hydrogen-bond acceptors (Lipinski definition) is 5. The van der Waals surface area contributed by atoms with E-state index in [0.717, 1.165) is 17.7 Å². The molecule has 1 unspecified atom stereocenters. The fourth-order valence-electron chi connectivity index (χ4n) is 2.32. The zero-order valence-electron chi connectivity index (χ0n) is 14.4. The number of carbonyl (C=O) groups is 1. The van der Waals surface area contributed by atoms with Crippen LogP contribution in [0.3, 0.4) is 0 Å². The van der Waals surface area contributed by atoms with Gasteiger partial charge in [-0.3, -0.25) is 4.79 Å². The zero-order chi connectivity index (χ0) is 19.1. The van der Waals surface area contributed by atoms with Crippen LogP contribution in [0.1, 0.15) is 18.1 Å². The predicted molar refractivity (Wildman–Crippen MR) is 91.6 cm³/mol. The molecule has 0 saturated heterocycles. The molecule has 0 spiro atoms. The molecular weight excluding hydrogens is 344 g/mol. The third-order valence-corrected chi connectivity index (χ3v) is 3.81. The van der Waals surface area contributed by atoms with Crippen LogP contribution in [0.2, 0.25) is 0 Å². The molecule has 2 aromatic rings. The maximum absolute atomic E-state index is 13.6. The van der Waals surface area contributed by atoms with E-state index in [1.165, 1.54) is 25.3 Å². The average molecular weight is 363 g/mol. The first-order valence-electron chi connectivity index (χ1n) is 7.87. The van der Waals surface area contributed by atoms with Crippen molar-refractivity contribution in [2.45, 2.75) is 20.0 Å². The summed E-state index contributed by atoms with van der Waals surface area (Å²) in [5, 5.41) is 13.2. The summed E-state index contributed by atoms with van der Waals surface area (Å²) in [6, 6.07) is 9.57. The highest BCUT2D eigenvalue weighted by Gasteiger charge is 2.23. The lowest BCUT2D eigenvalue weighted by Gasteiger charge is -2.14. The Labute approximate surface area is 149 Å². The summed E-state index contributed by atoms with van der Waals surface area (Å²) in [5.74, 6) is -2.46. The van der Waals surface area contributed by atoms with E-state index in [0.29, 0.717) is 12.1 Å². The van der Waals surface area contributed by atoms with E-state index in [1.54, 1.807) is 19.1 Å². The van der Waals surface area contributed by atoms with Crippen LogP contribution in [-0.2, 0) is 27.4 Å². The summed E-state index contributed by atoms with van der Waals surface area (Å²) in [6.45, 7) is 1.40. The molecule has 0 fully saturated rings. The number of benzene rings is 2. The first-order valence-corrected chi connectivity index (χ1v) is 7.87. The molecule has 5 nitrogen and oxygen atoms in total. The summed E-state index contributed by atoms with van der Waals surface area (Å²) in [4.78, 5) is 17.2. The van der Waals surface area contributed by atoms with E-state index >= 15 is 0 Å². The molecule has 1 atom stereocenters. The number of oxime groups is 1. The monoisotopic (exact) mass is 363 g/mol. The van der Waals surface area contributed by atoms with E-state index < -0.39 is 23.5 Å². The van der Waals surface area contributed by atoms with Crippen LogP contribution in [0.4, 0.5) is 8.78 Å². The third kappa shape index (κ3) is 5.27. The van der Waals surface area contributed by atoms with Gasteiger partial charge in [-0.2, -0.15) is 0 Å². The molecule has 0 aliphatic rings. The summed E-state index contributed by atoms with van der Waals surface area (Å²) in [7, 11) is 1.27. The van der Waals surface area contributed by atoms with Gasteiger partial charge in [-0.1, -0.05) is 17.3 Å². The van der Waals surface area contributed by atoms with Gasteiger partial charge < -0.3 is 14.7 Å².